The number of hydrogen-bond donors (Lipinski definition) is 0. The van der Waals surface area contributed by atoms with Gasteiger partial charge in [-0.2, -0.15) is 4.31 Å². The van der Waals surface area contributed by atoms with Crippen LogP contribution in [0.5, 0.6) is 5.75 Å². The Hall–Kier alpha value is -2.56. The molecule has 0 aliphatic carbocycles. The maximum absolute atomic E-state index is 14.2. The summed E-state index contributed by atoms with van der Waals surface area (Å²) in [4.78, 5) is 1.17. The zero-order valence-corrected chi connectivity index (χ0v) is 21.3. The van der Waals surface area contributed by atoms with Crippen LogP contribution in [0.4, 0.5) is 8.78 Å². The van der Waals surface area contributed by atoms with Crippen molar-refractivity contribution in [3.63, 3.8) is 0 Å². The number of nitrogens with zero attached hydrogens (tertiary/aromatic N) is 2. The van der Waals surface area contributed by atoms with Gasteiger partial charge in [-0.1, -0.05) is 41.9 Å². The normalized spacial score (nSPS) is 16.1. The zero-order valence-electron chi connectivity index (χ0n) is 19.7. The maximum Gasteiger partial charge on any atom is 0.249 e. The molecule has 3 aromatic rings. The molecule has 0 bridgehead atoms. The molecule has 0 aromatic heterocycles. The van der Waals surface area contributed by atoms with Crippen molar-refractivity contribution in [2.45, 2.75) is 17.6 Å². The molecule has 6 nitrogen and oxygen atoms in total. The molecule has 0 N–H and O–H groups in total. The molecule has 0 unspecified atom stereocenters. The molecule has 0 saturated carbocycles. The van der Waals surface area contributed by atoms with Gasteiger partial charge in [0, 0.05) is 37.7 Å². The highest BCUT2D eigenvalue weighted by molar-refractivity contribution is 7.89. The first kappa shape index (κ1) is 26.5. The molecule has 4 rings (SSSR count). The summed E-state index contributed by atoms with van der Waals surface area (Å²) in [6, 6.07) is 18.1. The summed E-state index contributed by atoms with van der Waals surface area (Å²) >= 11 is 6.11. The van der Waals surface area contributed by atoms with Gasteiger partial charge in [0.25, 0.3) is 0 Å². The molecule has 1 saturated heterocycles. The quantitative estimate of drug-likeness (QED) is 0.390. The second-order valence-electron chi connectivity index (χ2n) is 8.46. The zero-order chi connectivity index (χ0) is 25.7. The predicted molar refractivity (Wildman–Crippen MR) is 134 cm³/mol. The second-order valence-corrected chi connectivity index (χ2v) is 10.8. The molecule has 10 heteroatoms. The first-order valence-electron chi connectivity index (χ1n) is 11.4. The summed E-state index contributed by atoms with van der Waals surface area (Å²) in [7, 11) is -2.69. The van der Waals surface area contributed by atoms with Gasteiger partial charge >= 0.3 is 0 Å². The SMILES string of the molecule is COc1cccc([C@@H](CN2CCN(S(=O)(=O)c3c(F)cccc3F)CC2)OCc2cccc(Cl)c2)c1. The van der Waals surface area contributed by atoms with Gasteiger partial charge in [-0.15, -0.1) is 0 Å². The lowest BCUT2D eigenvalue weighted by atomic mass is 10.1. The van der Waals surface area contributed by atoms with Crippen molar-refractivity contribution in [2.75, 3.05) is 39.8 Å². The third kappa shape index (κ3) is 6.22. The largest absolute Gasteiger partial charge is 0.497 e. The molecule has 1 aliphatic heterocycles. The summed E-state index contributed by atoms with van der Waals surface area (Å²) in [6.45, 7) is 1.82. The molecule has 36 heavy (non-hydrogen) atoms. The predicted octanol–water partition coefficient (Wildman–Crippen LogP) is 4.89. The Bertz CT molecular complexity index is 1280. The van der Waals surface area contributed by atoms with Crippen LogP contribution < -0.4 is 4.74 Å². The lowest BCUT2D eigenvalue weighted by molar-refractivity contribution is 0.00761. The minimum atomic E-state index is -4.29. The number of piperazine rings is 1. The fourth-order valence-corrected chi connectivity index (χ4v) is 5.91. The molecule has 192 valence electrons. The van der Waals surface area contributed by atoms with Crippen molar-refractivity contribution in [2.24, 2.45) is 0 Å². The van der Waals surface area contributed by atoms with Crippen LogP contribution in [0.3, 0.4) is 0 Å². The van der Waals surface area contributed by atoms with Gasteiger partial charge in [0.2, 0.25) is 10.0 Å². The fourth-order valence-electron chi connectivity index (χ4n) is 4.16. The van der Waals surface area contributed by atoms with E-state index in [1.165, 1.54) is 0 Å². The average molecular weight is 537 g/mol. The van der Waals surface area contributed by atoms with E-state index in [-0.39, 0.29) is 19.2 Å². The summed E-state index contributed by atoms with van der Waals surface area (Å²) in [5.41, 5.74) is 1.85. The number of ether oxygens (including phenoxy) is 2. The first-order chi connectivity index (χ1) is 17.3. The number of halogens is 3. The molecule has 0 amide bonds. The van der Waals surface area contributed by atoms with Crippen LogP contribution in [0.1, 0.15) is 17.2 Å². The van der Waals surface area contributed by atoms with Crippen molar-refractivity contribution >= 4 is 21.6 Å². The van der Waals surface area contributed by atoms with E-state index in [4.69, 9.17) is 21.1 Å². The molecule has 1 atom stereocenters. The Balaban J connectivity index is 1.46. The number of rotatable bonds is 9. The third-order valence-electron chi connectivity index (χ3n) is 6.08. The van der Waals surface area contributed by atoms with Crippen LogP contribution in [0, 0.1) is 11.6 Å². The van der Waals surface area contributed by atoms with Crippen molar-refractivity contribution < 1.29 is 26.7 Å². The highest BCUT2D eigenvalue weighted by Crippen LogP contribution is 2.27. The van der Waals surface area contributed by atoms with Crippen molar-refractivity contribution in [1.82, 2.24) is 9.21 Å². The molecule has 0 radical (unpaired) electrons. The van der Waals surface area contributed by atoms with Crippen molar-refractivity contribution in [3.8, 4) is 5.75 Å². The monoisotopic (exact) mass is 536 g/mol. The van der Waals surface area contributed by atoms with Gasteiger partial charge in [-0.05, 0) is 47.5 Å². The van der Waals surface area contributed by atoms with Crippen LogP contribution >= 0.6 is 11.6 Å². The molecule has 1 fully saturated rings. The van der Waals surface area contributed by atoms with E-state index in [1.54, 1.807) is 13.2 Å². The lowest BCUT2D eigenvalue weighted by Crippen LogP contribution is -2.49. The van der Waals surface area contributed by atoms with E-state index in [0.717, 1.165) is 33.6 Å². The Kier molecular flexibility index (Phi) is 8.58. The first-order valence-corrected chi connectivity index (χ1v) is 13.3. The third-order valence-corrected chi connectivity index (χ3v) is 8.26. The average Bonchev–Trinajstić information content (AvgIpc) is 2.86. The number of methoxy groups -OCH3 is 1. The van der Waals surface area contributed by atoms with E-state index in [1.807, 2.05) is 42.5 Å². The molecular formula is C26H27ClF2N2O4S. The Morgan fingerprint density at radius 3 is 2.28 bits per heavy atom. The van der Waals surface area contributed by atoms with Gasteiger partial charge in [0.15, 0.2) is 4.90 Å². The van der Waals surface area contributed by atoms with E-state index >= 15 is 0 Å². The fraction of sp³-hybridized carbons (Fsp3) is 0.308. The highest BCUT2D eigenvalue weighted by Gasteiger charge is 2.33. The standard InChI is InChI=1S/C26H27ClF2N2O4S/c1-34-22-8-3-6-20(16-22)25(35-18-19-5-2-7-21(27)15-19)17-30-11-13-31(14-12-30)36(32,33)26-23(28)9-4-10-24(26)29/h2-10,15-16,25H,11-14,17-18H2,1H3/t25-/m1/s1. The minimum Gasteiger partial charge on any atom is -0.497 e. The minimum absolute atomic E-state index is 0.106. The van der Waals surface area contributed by atoms with Gasteiger partial charge in [0.1, 0.15) is 17.4 Å². The number of sulfonamides is 1. The van der Waals surface area contributed by atoms with Gasteiger partial charge in [-0.25, -0.2) is 17.2 Å². The van der Waals surface area contributed by atoms with Gasteiger partial charge in [-0.3, -0.25) is 4.90 Å². The van der Waals surface area contributed by atoms with Gasteiger partial charge in [0.05, 0.1) is 19.8 Å². The molecular weight excluding hydrogens is 510 g/mol. The van der Waals surface area contributed by atoms with Gasteiger partial charge < -0.3 is 9.47 Å². The summed E-state index contributed by atoms with van der Waals surface area (Å²) in [5.74, 6) is -1.48. The molecule has 3 aromatic carbocycles. The molecule has 1 heterocycles. The highest BCUT2D eigenvalue weighted by atomic mass is 35.5. The Morgan fingerprint density at radius 1 is 0.944 bits per heavy atom. The van der Waals surface area contributed by atoms with Crippen LogP contribution in [0.2, 0.25) is 5.02 Å². The van der Waals surface area contributed by atoms with E-state index in [9.17, 15) is 17.2 Å². The van der Waals surface area contributed by atoms with Crippen molar-refractivity contribution in [3.05, 3.63) is 94.5 Å². The number of benzene rings is 3. The van der Waals surface area contributed by atoms with Crippen LogP contribution in [-0.4, -0.2) is 57.5 Å². The smallest absolute Gasteiger partial charge is 0.249 e. The number of hydrogen-bond acceptors (Lipinski definition) is 5. The summed E-state index contributed by atoms with van der Waals surface area (Å²) in [6.07, 6.45) is -0.328. The summed E-state index contributed by atoms with van der Waals surface area (Å²) < 4.78 is 66.9. The van der Waals surface area contributed by atoms with E-state index < -0.39 is 26.6 Å². The lowest BCUT2D eigenvalue weighted by Gasteiger charge is -2.36. The topological polar surface area (TPSA) is 59.1 Å². The van der Waals surface area contributed by atoms with E-state index in [2.05, 4.69) is 4.90 Å². The van der Waals surface area contributed by atoms with Crippen LogP contribution in [0.25, 0.3) is 0 Å². The molecule has 1 aliphatic rings. The van der Waals surface area contributed by atoms with E-state index in [0.29, 0.717) is 37.0 Å². The Morgan fingerprint density at radius 2 is 1.61 bits per heavy atom. The maximum atomic E-state index is 14.2. The van der Waals surface area contributed by atoms with Crippen LogP contribution in [0.15, 0.2) is 71.6 Å². The van der Waals surface area contributed by atoms with Crippen molar-refractivity contribution in [1.29, 1.82) is 0 Å². The summed E-state index contributed by atoms with van der Waals surface area (Å²) in [5, 5.41) is 0.623. The second kappa shape index (κ2) is 11.7. The van der Waals surface area contributed by atoms with Crippen LogP contribution in [-0.2, 0) is 21.4 Å². The Labute approximate surface area is 215 Å². The molecule has 0 spiro atoms.